The van der Waals surface area contributed by atoms with E-state index in [-0.39, 0.29) is 11.9 Å². The molecule has 1 saturated heterocycles. The number of rotatable bonds is 5. The lowest BCUT2D eigenvalue weighted by atomic mass is 9.94. The Kier molecular flexibility index (Phi) is 6.54. The zero-order valence-corrected chi connectivity index (χ0v) is 14.5. The third-order valence-corrected chi connectivity index (χ3v) is 4.31. The number of nitrogens with zero attached hydrogens (tertiary/aromatic N) is 1. The van der Waals surface area contributed by atoms with Gasteiger partial charge in [0.25, 0.3) is 0 Å². The highest BCUT2D eigenvalue weighted by atomic mass is 35.5. The molecule has 0 saturated carbocycles. The predicted molar refractivity (Wildman–Crippen MR) is 92.2 cm³/mol. The third-order valence-electron chi connectivity index (χ3n) is 4.07. The van der Waals surface area contributed by atoms with Gasteiger partial charge in [0.15, 0.2) is 0 Å². The molecule has 0 radical (unpaired) electrons. The molecule has 2 unspecified atom stereocenters. The number of nitrogens with one attached hydrogen (secondary N) is 1. The van der Waals surface area contributed by atoms with E-state index in [0.717, 1.165) is 19.3 Å². The van der Waals surface area contributed by atoms with Gasteiger partial charge in [0.05, 0.1) is 18.4 Å². The number of hydrogen-bond acceptors (Lipinski definition) is 3. The van der Waals surface area contributed by atoms with Gasteiger partial charge in [-0.25, -0.2) is 4.79 Å². The average molecular weight is 341 g/mol. The van der Waals surface area contributed by atoms with Crippen LogP contribution in [0.3, 0.4) is 0 Å². The Morgan fingerprint density at radius 3 is 3.04 bits per heavy atom. The number of benzene rings is 1. The molecule has 1 aliphatic rings. The minimum atomic E-state index is -0.403. The molecule has 0 aliphatic carbocycles. The van der Waals surface area contributed by atoms with E-state index in [9.17, 15) is 9.90 Å². The van der Waals surface area contributed by atoms with Gasteiger partial charge in [-0.05, 0) is 44.4 Å². The zero-order valence-electron chi connectivity index (χ0n) is 13.7. The van der Waals surface area contributed by atoms with E-state index in [0.29, 0.717) is 36.2 Å². The Labute approximate surface area is 142 Å². The highest BCUT2D eigenvalue weighted by molar-refractivity contribution is 6.31. The summed E-state index contributed by atoms with van der Waals surface area (Å²) in [6, 6.07) is 5.02. The smallest absolute Gasteiger partial charge is 0.321 e. The van der Waals surface area contributed by atoms with E-state index >= 15 is 0 Å². The number of carbonyl (C=O) groups is 1. The summed E-state index contributed by atoms with van der Waals surface area (Å²) in [4.78, 5) is 14.2. The van der Waals surface area contributed by atoms with Gasteiger partial charge in [-0.2, -0.15) is 0 Å². The first-order valence-electron chi connectivity index (χ1n) is 8.17. The van der Waals surface area contributed by atoms with E-state index in [1.807, 2.05) is 6.92 Å². The molecule has 2 amide bonds. The zero-order chi connectivity index (χ0) is 16.8. The third kappa shape index (κ3) is 5.01. The minimum absolute atomic E-state index is 0.129. The lowest BCUT2D eigenvalue weighted by molar-refractivity contribution is 0.0766. The number of hydrogen-bond donors (Lipinski definition) is 2. The van der Waals surface area contributed by atoms with E-state index in [1.54, 1.807) is 30.0 Å². The number of urea groups is 1. The van der Waals surface area contributed by atoms with Crippen LogP contribution < -0.4 is 10.1 Å². The van der Waals surface area contributed by atoms with Gasteiger partial charge in [-0.1, -0.05) is 18.5 Å². The molecule has 0 aromatic heterocycles. The van der Waals surface area contributed by atoms with E-state index < -0.39 is 6.10 Å². The number of ether oxygens (including phenoxy) is 1. The first kappa shape index (κ1) is 17.9. The number of aliphatic hydroxyl groups is 1. The molecule has 1 aliphatic heterocycles. The lowest BCUT2D eigenvalue weighted by Gasteiger charge is -2.34. The van der Waals surface area contributed by atoms with Gasteiger partial charge in [0.2, 0.25) is 0 Å². The number of piperidine rings is 1. The summed E-state index contributed by atoms with van der Waals surface area (Å²) in [5, 5.41) is 13.2. The number of halogens is 1. The second-order valence-electron chi connectivity index (χ2n) is 6.01. The molecule has 23 heavy (non-hydrogen) atoms. The molecule has 128 valence electrons. The molecule has 2 rings (SSSR count). The van der Waals surface area contributed by atoms with Crippen LogP contribution in [0.4, 0.5) is 10.5 Å². The van der Waals surface area contributed by atoms with Crippen LogP contribution in [0.2, 0.25) is 5.02 Å². The quantitative estimate of drug-likeness (QED) is 0.858. The summed E-state index contributed by atoms with van der Waals surface area (Å²) in [5.74, 6) is 0.748. The van der Waals surface area contributed by atoms with Crippen molar-refractivity contribution in [3.05, 3.63) is 23.2 Å². The Balaban J connectivity index is 2.05. The molecular formula is C17H25ClN2O3. The molecule has 0 spiro atoms. The Morgan fingerprint density at radius 1 is 1.57 bits per heavy atom. The van der Waals surface area contributed by atoms with Crippen LogP contribution in [-0.4, -0.2) is 41.8 Å². The molecule has 1 aromatic carbocycles. The first-order valence-corrected chi connectivity index (χ1v) is 8.55. The van der Waals surface area contributed by atoms with Crippen molar-refractivity contribution >= 4 is 23.3 Å². The molecule has 6 heteroatoms. The highest BCUT2D eigenvalue weighted by Gasteiger charge is 2.26. The van der Waals surface area contributed by atoms with Crippen molar-refractivity contribution in [2.24, 2.45) is 5.92 Å². The van der Waals surface area contributed by atoms with E-state index in [1.165, 1.54) is 0 Å². The minimum Gasteiger partial charge on any atom is -0.491 e. The number of aliphatic hydroxyl groups excluding tert-OH is 1. The average Bonchev–Trinajstić information content (AvgIpc) is 2.54. The summed E-state index contributed by atoms with van der Waals surface area (Å²) >= 11 is 6.03. The van der Waals surface area contributed by atoms with Gasteiger partial charge in [0, 0.05) is 24.0 Å². The Hall–Kier alpha value is -1.46. The Morgan fingerprint density at radius 2 is 2.35 bits per heavy atom. The van der Waals surface area contributed by atoms with Crippen LogP contribution in [0.15, 0.2) is 18.2 Å². The van der Waals surface area contributed by atoms with Crippen molar-refractivity contribution in [1.29, 1.82) is 0 Å². The number of carbonyl (C=O) groups excluding carboxylic acids is 1. The largest absolute Gasteiger partial charge is 0.491 e. The van der Waals surface area contributed by atoms with Crippen molar-refractivity contribution in [1.82, 2.24) is 4.90 Å². The monoisotopic (exact) mass is 340 g/mol. The van der Waals surface area contributed by atoms with Crippen molar-refractivity contribution < 1.29 is 14.6 Å². The normalized spacial score (nSPS) is 19.3. The van der Waals surface area contributed by atoms with Gasteiger partial charge < -0.3 is 20.1 Å². The molecule has 2 N–H and O–H groups in total. The number of amides is 2. The van der Waals surface area contributed by atoms with Crippen LogP contribution in [-0.2, 0) is 0 Å². The van der Waals surface area contributed by atoms with Crippen molar-refractivity contribution in [3.8, 4) is 5.75 Å². The fourth-order valence-corrected chi connectivity index (χ4v) is 2.89. The van der Waals surface area contributed by atoms with Crippen LogP contribution in [0.1, 0.15) is 33.1 Å². The summed E-state index contributed by atoms with van der Waals surface area (Å²) in [7, 11) is 0. The van der Waals surface area contributed by atoms with Crippen molar-refractivity contribution in [2.75, 3.05) is 25.0 Å². The van der Waals surface area contributed by atoms with Gasteiger partial charge in [-0.15, -0.1) is 0 Å². The van der Waals surface area contributed by atoms with Crippen LogP contribution >= 0.6 is 11.6 Å². The second kappa shape index (κ2) is 8.41. The fourth-order valence-electron chi connectivity index (χ4n) is 2.72. The maximum Gasteiger partial charge on any atom is 0.321 e. The van der Waals surface area contributed by atoms with Crippen molar-refractivity contribution in [2.45, 2.75) is 39.2 Å². The molecule has 2 atom stereocenters. The van der Waals surface area contributed by atoms with Gasteiger partial charge >= 0.3 is 6.03 Å². The fraction of sp³-hybridized carbons (Fsp3) is 0.588. The Bertz CT molecular complexity index is 537. The number of anilines is 1. The van der Waals surface area contributed by atoms with Crippen LogP contribution in [0.5, 0.6) is 5.75 Å². The summed E-state index contributed by atoms with van der Waals surface area (Å²) in [6.07, 6.45) is 2.33. The molecule has 1 aromatic rings. The van der Waals surface area contributed by atoms with E-state index in [4.69, 9.17) is 16.3 Å². The summed E-state index contributed by atoms with van der Waals surface area (Å²) in [6.45, 7) is 5.64. The van der Waals surface area contributed by atoms with Crippen LogP contribution in [0.25, 0.3) is 0 Å². The van der Waals surface area contributed by atoms with Gasteiger partial charge in [0.1, 0.15) is 5.75 Å². The second-order valence-corrected chi connectivity index (χ2v) is 6.44. The topological polar surface area (TPSA) is 61.8 Å². The SMILES string of the molecule is CCCOc1ccc(Cl)cc1NC(=O)N1CCCC(C(C)O)C1. The van der Waals surface area contributed by atoms with Crippen molar-refractivity contribution in [3.63, 3.8) is 0 Å². The number of likely N-dealkylation sites (tertiary alicyclic amines) is 1. The maximum atomic E-state index is 12.5. The lowest BCUT2D eigenvalue weighted by Crippen LogP contribution is -2.44. The summed E-state index contributed by atoms with van der Waals surface area (Å²) < 4.78 is 5.66. The first-order chi connectivity index (χ1) is 11.0. The van der Waals surface area contributed by atoms with E-state index in [2.05, 4.69) is 5.32 Å². The predicted octanol–water partition coefficient (Wildman–Crippen LogP) is 3.75. The highest BCUT2D eigenvalue weighted by Crippen LogP contribution is 2.29. The van der Waals surface area contributed by atoms with Gasteiger partial charge in [-0.3, -0.25) is 0 Å². The summed E-state index contributed by atoms with van der Waals surface area (Å²) in [5.41, 5.74) is 0.579. The molecular weight excluding hydrogens is 316 g/mol. The van der Waals surface area contributed by atoms with Crippen LogP contribution in [0, 0.1) is 5.92 Å². The molecule has 1 fully saturated rings. The molecule has 0 bridgehead atoms. The molecule has 1 heterocycles. The molecule has 5 nitrogen and oxygen atoms in total. The maximum absolute atomic E-state index is 12.5. The standard InChI is InChI=1S/C17H25ClN2O3/c1-3-9-23-16-7-6-14(18)10-15(16)19-17(22)20-8-4-5-13(11-20)12(2)21/h6-7,10,12-13,21H,3-5,8-9,11H2,1-2H3,(H,19,22).